The topological polar surface area (TPSA) is 17.8 Å². The van der Waals surface area contributed by atoms with E-state index in [9.17, 15) is 0 Å². The Morgan fingerprint density at radius 3 is 1.82 bits per heavy atom. The molecule has 1 aromatic carbocycles. The first-order chi connectivity index (χ1) is 8.25. The summed E-state index contributed by atoms with van der Waals surface area (Å²) in [6.45, 7) is 10.1. The minimum atomic E-state index is 1.03. The van der Waals surface area contributed by atoms with Gasteiger partial charge in [-0.15, -0.1) is 0 Å². The Hall–Kier alpha value is -1.57. The molecule has 0 saturated carbocycles. The number of hydrogen-bond acceptors (Lipinski definition) is 1. The van der Waals surface area contributed by atoms with E-state index >= 15 is 0 Å². The van der Waals surface area contributed by atoms with Crippen LogP contribution in [0.1, 0.15) is 33.3 Å². The third kappa shape index (κ3) is 4.85. The van der Waals surface area contributed by atoms with Gasteiger partial charge in [0, 0.05) is 18.8 Å². The summed E-state index contributed by atoms with van der Waals surface area (Å²) in [5.41, 5.74) is 3.48. The first kappa shape index (κ1) is 15.4. The molecule has 2 rings (SSSR count). The molecule has 0 aliphatic rings. The van der Waals surface area contributed by atoms with Crippen LogP contribution >= 0.6 is 0 Å². The van der Waals surface area contributed by atoms with Crippen LogP contribution in [-0.4, -0.2) is 9.78 Å². The summed E-state index contributed by atoms with van der Waals surface area (Å²) in [5.74, 6) is 0. The predicted octanol–water partition coefficient (Wildman–Crippen LogP) is 4.45. The van der Waals surface area contributed by atoms with Crippen molar-refractivity contribution in [3.63, 3.8) is 0 Å². The van der Waals surface area contributed by atoms with Gasteiger partial charge in [0.05, 0.1) is 5.69 Å². The zero-order valence-electron chi connectivity index (χ0n) is 11.9. The molecule has 0 fully saturated rings. The van der Waals surface area contributed by atoms with E-state index in [1.54, 1.807) is 0 Å². The van der Waals surface area contributed by atoms with Gasteiger partial charge in [0.2, 0.25) is 0 Å². The quantitative estimate of drug-likeness (QED) is 0.710. The number of hydrogen-bond donors (Lipinski definition) is 0. The molecule has 0 radical (unpaired) electrons. The molecule has 0 spiro atoms. The minimum absolute atomic E-state index is 1.03. The molecule has 2 aromatic rings. The molecule has 1 aromatic heterocycles. The smallest absolute Gasteiger partial charge is 0.0923 e. The van der Waals surface area contributed by atoms with Gasteiger partial charge in [-0.3, -0.25) is 4.68 Å². The first-order valence-corrected chi connectivity index (χ1v) is 6.32. The van der Waals surface area contributed by atoms with Crippen molar-refractivity contribution in [2.45, 2.75) is 34.6 Å². The summed E-state index contributed by atoms with van der Waals surface area (Å²) < 4.78 is 1.81. The van der Waals surface area contributed by atoms with Gasteiger partial charge in [0.25, 0.3) is 0 Å². The van der Waals surface area contributed by atoms with E-state index in [2.05, 4.69) is 36.3 Å². The number of aromatic nitrogens is 2. The maximum atomic E-state index is 4.33. The Bertz CT molecular complexity index is 399. The lowest BCUT2D eigenvalue weighted by atomic mass is 10.1. The summed E-state index contributed by atoms with van der Waals surface area (Å²) in [6.07, 6.45) is 1.95. The van der Waals surface area contributed by atoms with Crippen LogP contribution in [0.5, 0.6) is 0 Å². The lowest BCUT2D eigenvalue weighted by molar-refractivity contribution is 0.771. The molecular formula is C15H24N2. The molecule has 0 saturated heterocycles. The molecule has 0 N–H and O–H groups in total. The monoisotopic (exact) mass is 232 g/mol. The molecule has 0 bridgehead atoms. The summed E-state index contributed by atoms with van der Waals surface area (Å²) in [6, 6.07) is 10.4. The molecule has 2 nitrogen and oxygen atoms in total. The van der Waals surface area contributed by atoms with Gasteiger partial charge in [-0.2, -0.15) is 5.10 Å². The molecule has 1 heterocycles. The molecule has 0 aliphatic carbocycles. The maximum absolute atomic E-state index is 4.33. The van der Waals surface area contributed by atoms with Crippen molar-refractivity contribution >= 4 is 0 Å². The fourth-order valence-corrected chi connectivity index (χ4v) is 1.29. The van der Waals surface area contributed by atoms with Gasteiger partial charge in [0.1, 0.15) is 0 Å². The van der Waals surface area contributed by atoms with Crippen LogP contribution in [0.15, 0.2) is 36.5 Å². The summed E-state index contributed by atoms with van der Waals surface area (Å²) >= 11 is 0. The number of aryl methyl sites for hydroxylation is 2. The van der Waals surface area contributed by atoms with Crippen molar-refractivity contribution in [3.05, 3.63) is 42.1 Å². The van der Waals surface area contributed by atoms with Crippen molar-refractivity contribution < 1.29 is 0 Å². The average molecular weight is 232 g/mol. The standard InChI is InChI=1S/C11H12N2.2C2H6/c1-9-3-5-10(6-4-9)11-7-8-13(2)12-11;2*1-2/h3-8H,1-2H3;2*1-2H3. The van der Waals surface area contributed by atoms with Crippen LogP contribution in [0.3, 0.4) is 0 Å². The van der Waals surface area contributed by atoms with Crippen molar-refractivity contribution in [3.8, 4) is 11.3 Å². The second-order valence-electron chi connectivity index (χ2n) is 3.24. The van der Waals surface area contributed by atoms with Gasteiger partial charge in [-0.1, -0.05) is 57.5 Å². The Kier molecular flexibility index (Phi) is 7.78. The highest BCUT2D eigenvalue weighted by Gasteiger charge is 1.98. The predicted molar refractivity (Wildman–Crippen MR) is 76.1 cm³/mol. The maximum Gasteiger partial charge on any atom is 0.0923 e. The molecule has 0 unspecified atom stereocenters. The largest absolute Gasteiger partial charge is 0.275 e. The molecule has 2 heteroatoms. The lowest BCUT2D eigenvalue weighted by Crippen LogP contribution is -1.87. The second kappa shape index (κ2) is 8.57. The van der Waals surface area contributed by atoms with Gasteiger partial charge < -0.3 is 0 Å². The van der Waals surface area contributed by atoms with Crippen LogP contribution in [-0.2, 0) is 7.05 Å². The van der Waals surface area contributed by atoms with Gasteiger partial charge >= 0.3 is 0 Å². The van der Waals surface area contributed by atoms with Gasteiger partial charge in [0.15, 0.2) is 0 Å². The Morgan fingerprint density at radius 1 is 0.882 bits per heavy atom. The lowest BCUT2D eigenvalue weighted by Gasteiger charge is -1.96. The van der Waals surface area contributed by atoms with E-state index in [0.29, 0.717) is 0 Å². The van der Waals surface area contributed by atoms with Crippen LogP contribution in [0.4, 0.5) is 0 Å². The third-order valence-electron chi connectivity index (χ3n) is 2.06. The second-order valence-corrected chi connectivity index (χ2v) is 3.24. The van der Waals surface area contributed by atoms with E-state index in [1.165, 1.54) is 11.1 Å². The van der Waals surface area contributed by atoms with Crippen molar-refractivity contribution in [2.24, 2.45) is 7.05 Å². The molecule has 0 aliphatic heterocycles. The van der Waals surface area contributed by atoms with E-state index < -0.39 is 0 Å². The number of rotatable bonds is 1. The van der Waals surface area contributed by atoms with Crippen molar-refractivity contribution in [2.75, 3.05) is 0 Å². The van der Waals surface area contributed by atoms with E-state index in [1.807, 2.05) is 51.7 Å². The van der Waals surface area contributed by atoms with Crippen LogP contribution in [0.2, 0.25) is 0 Å². The summed E-state index contributed by atoms with van der Waals surface area (Å²) in [5, 5.41) is 4.33. The minimum Gasteiger partial charge on any atom is -0.275 e. The van der Waals surface area contributed by atoms with Crippen molar-refractivity contribution in [1.82, 2.24) is 9.78 Å². The van der Waals surface area contributed by atoms with Crippen LogP contribution < -0.4 is 0 Å². The summed E-state index contributed by atoms with van der Waals surface area (Å²) in [4.78, 5) is 0. The molecule has 0 amide bonds. The Labute approximate surface area is 105 Å². The highest BCUT2D eigenvalue weighted by Crippen LogP contribution is 2.16. The molecule has 94 valence electrons. The van der Waals surface area contributed by atoms with Crippen LogP contribution in [0, 0.1) is 6.92 Å². The number of nitrogens with zero attached hydrogens (tertiary/aromatic N) is 2. The fraction of sp³-hybridized carbons (Fsp3) is 0.400. The fourth-order valence-electron chi connectivity index (χ4n) is 1.29. The van der Waals surface area contributed by atoms with Gasteiger partial charge in [-0.25, -0.2) is 0 Å². The van der Waals surface area contributed by atoms with Crippen molar-refractivity contribution in [1.29, 1.82) is 0 Å². The number of benzene rings is 1. The highest BCUT2D eigenvalue weighted by atomic mass is 15.2. The normalized spacial score (nSPS) is 8.59. The van der Waals surface area contributed by atoms with E-state index in [-0.39, 0.29) is 0 Å². The highest BCUT2D eigenvalue weighted by molar-refractivity contribution is 5.58. The summed E-state index contributed by atoms with van der Waals surface area (Å²) in [7, 11) is 1.93. The zero-order chi connectivity index (χ0) is 13.3. The third-order valence-corrected chi connectivity index (χ3v) is 2.06. The molecule has 17 heavy (non-hydrogen) atoms. The Balaban J connectivity index is 0.000000581. The molecule has 0 atom stereocenters. The van der Waals surface area contributed by atoms with Crippen LogP contribution in [0.25, 0.3) is 11.3 Å². The first-order valence-electron chi connectivity index (χ1n) is 6.32. The average Bonchev–Trinajstić information content (AvgIpc) is 2.82. The van der Waals surface area contributed by atoms with E-state index in [0.717, 1.165) is 5.69 Å². The van der Waals surface area contributed by atoms with E-state index in [4.69, 9.17) is 0 Å². The zero-order valence-corrected chi connectivity index (χ0v) is 11.9. The SMILES string of the molecule is CC.CC.Cc1ccc(-c2ccn(C)n2)cc1. The molecular weight excluding hydrogens is 208 g/mol. The Morgan fingerprint density at radius 2 is 1.41 bits per heavy atom. The van der Waals surface area contributed by atoms with Gasteiger partial charge in [-0.05, 0) is 13.0 Å².